The van der Waals surface area contributed by atoms with Gasteiger partial charge in [-0.3, -0.25) is 0 Å². The minimum atomic E-state index is -1.06. The minimum Gasteiger partial charge on any atom is -0.396 e. The molecular weight excluding hydrogens is 478 g/mol. The van der Waals surface area contributed by atoms with E-state index < -0.39 is 29.9 Å². The molecule has 2 fully saturated rings. The lowest BCUT2D eigenvalue weighted by Crippen LogP contribution is -2.30. The molecule has 0 radical (unpaired) electrons. The van der Waals surface area contributed by atoms with Gasteiger partial charge in [0.2, 0.25) is 0 Å². The first-order valence-corrected chi connectivity index (χ1v) is 12.8. The van der Waals surface area contributed by atoms with Gasteiger partial charge in [0.25, 0.3) is 0 Å². The molecule has 6 atom stereocenters. The molecule has 0 bridgehead atoms. The summed E-state index contributed by atoms with van der Waals surface area (Å²) in [6, 6.07) is 3.40. The van der Waals surface area contributed by atoms with Crippen molar-refractivity contribution in [3.05, 3.63) is 35.4 Å². The molecule has 1 aromatic carbocycles. The van der Waals surface area contributed by atoms with Gasteiger partial charge in [0.15, 0.2) is 33.8 Å². The lowest BCUT2D eigenvalue weighted by atomic mass is 10.0. The van der Waals surface area contributed by atoms with Crippen LogP contribution in [0.25, 0.3) is 11.2 Å². The van der Waals surface area contributed by atoms with Crippen molar-refractivity contribution >= 4 is 28.7 Å². The molecule has 0 amide bonds. The Morgan fingerprint density at radius 3 is 2.71 bits per heavy atom. The first-order chi connectivity index (χ1) is 16.9. The van der Waals surface area contributed by atoms with Gasteiger partial charge in [0, 0.05) is 24.3 Å². The Kier molecular flexibility index (Phi) is 6.88. The van der Waals surface area contributed by atoms with Crippen LogP contribution in [-0.2, 0) is 0 Å². The second-order valence-electron chi connectivity index (χ2n) is 9.23. The molecule has 0 saturated heterocycles. The van der Waals surface area contributed by atoms with Crippen molar-refractivity contribution in [3.63, 3.8) is 0 Å². The summed E-state index contributed by atoms with van der Waals surface area (Å²) in [6.45, 7) is 1.98. The standard InChI is InChI=1S/C23H28F2N6O3S/c1-2-7-35-23-27-21(26-16-10-13(16)11-3-4-14(24)15(25)8-11)18-22(28-23)31(30-29-18)17-9-12(5-6-32)19(33)20(17)34/h3-4,8,12-13,16-17,19-20,32-34H,2,5-7,9-10H2,1H3,(H,26,27,28). The fourth-order valence-corrected chi connectivity index (χ4v) is 5.52. The van der Waals surface area contributed by atoms with Crippen LogP contribution in [0, 0.1) is 17.6 Å². The van der Waals surface area contributed by atoms with E-state index in [0.29, 0.717) is 40.5 Å². The summed E-state index contributed by atoms with van der Waals surface area (Å²) in [7, 11) is 0. The fraction of sp³-hybridized carbons (Fsp3) is 0.565. The normalized spacial score (nSPS) is 28.1. The molecule has 12 heteroatoms. The number of thioether (sulfide) groups is 1. The summed E-state index contributed by atoms with van der Waals surface area (Å²) in [5, 5.41) is 42.9. The lowest BCUT2D eigenvalue weighted by Gasteiger charge is -2.17. The molecule has 2 saturated carbocycles. The van der Waals surface area contributed by atoms with Crippen molar-refractivity contribution in [2.75, 3.05) is 17.7 Å². The van der Waals surface area contributed by atoms with Crippen LogP contribution in [0.3, 0.4) is 0 Å². The summed E-state index contributed by atoms with van der Waals surface area (Å²) in [5.41, 5.74) is 1.61. The number of fused-ring (bicyclic) bond motifs is 1. The molecule has 3 aromatic rings. The quantitative estimate of drug-likeness (QED) is 0.256. The topological polar surface area (TPSA) is 129 Å². The number of benzene rings is 1. The second-order valence-corrected chi connectivity index (χ2v) is 10.3. The molecule has 5 rings (SSSR count). The van der Waals surface area contributed by atoms with Crippen LogP contribution in [0.5, 0.6) is 0 Å². The van der Waals surface area contributed by atoms with E-state index in [4.69, 9.17) is 0 Å². The van der Waals surface area contributed by atoms with Gasteiger partial charge in [0.05, 0.1) is 12.1 Å². The number of hydrogen-bond donors (Lipinski definition) is 4. The second kappa shape index (κ2) is 9.92. The average Bonchev–Trinajstić information content (AvgIpc) is 3.39. The Morgan fingerprint density at radius 1 is 1.14 bits per heavy atom. The summed E-state index contributed by atoms with van der Waals surface area (Å²) in [5.74, 6) is -0.660. The maximum Gasteiger partial charge on any atom is 0.191 e. The summed E-state index contributed by atoms with van der Waals surface area (Å²) in [6.07, 6.45) is 0.459. The molecule has 4 N–H and O–H groups in total. The maximum atomic E-state index is 13.7. The zero-order valence-electron chi connectivity index (χ0n) is 19.2. The molecule has 0 aliphatic heterocycles. The predicted molar refractivity (Wildman–Crippen MR) is 126 cm³/mol. The highest BCUT2D eigenvalue weighted by atomic mass is 32.2. The van der Waals surface area contributed by atoms with E-state index in [0.717, 1.165) is 24.7 Å². The Bertz CT molecular complexity index is 1210. The van der Waals surface area contributed by atoms with E-state index in [2.05, 4.69) is 32.5 Å². The fourth-order valence-electron chi connectivity index (χ4n) is 4.83. The number of aliphatic hydroxyl groups excluding tert-OH is 3. The molecule has 6 unspecified atom stereocenters. The summed E-state index contributed by atoms with van der Waals surface area (Å²) in [4.78, 5) is 9.29. The van der Waals surface area contributed by atoms with Gasteiger partial charge in [-0.1, -0.05) is 30.0 Å². The van der Waals surface area contributed by atoms with Crippen LogP contribution in [0.4, 0.5) is 14.6 Å². The molecule has 9 nitrogen and oxygen atoms in total. The van der Waals surface area contributed by atoms with Gasteiger partial charge >= 0.3 is 0 Å². The van der Waals surface area contributed by atoms with E-state index in [1.165, 1.54) is 17.8 Å². The van der Waals surface area contributed by atoms with Gasteiger partial charge in [-0.25, -0.2) is 23.4 Å². The zero-order chi connectivity index (χ0) is 24.7. The smallest absolute Gasteiger partial charge is 0.191 e. The SMILES string of the molecule is CCCSc1nc(NC2CC2c2ccc(F)c(F)c2)c2nnn(C3CC(CCO)C(O)C3O)c2n1. The van der Waals surface area contributed by atoms with E-state index in [9.17, 15) is 24.1 Å². The number of nitrogens with zero attached hydrogens (tertiary/aromatic N) is 5. The molecule has 188 valence electrons. The van der Waals surface area contributed by atoms with E-state index >= 15 is 0 Å². The van der Waals surface area contributed by atoms with Crippen molar-refractivity contribution in [1.82, 2.24) is 25.0 Å². The minimum absolute atomic E-state index is 0.0166. The van der Waals surface area contributed by atoms with Crippen molar-refractivity contribution < 1.29 is 24.1 Å². The molecule has 2 aromatic heterocycles. The third-order valence-electron chi connectivity index (χ3n) is 6.81. The van der Waals surface area contributed by atoms with Crippen molar-refractivity contribution in [1.29, 1.82) is 0 Å². The van der Waals surface area contributed by atoms with Gasteiger partial charge in [-0.05, 0) is 49.3 Å². The van der Waals surface area contributed by atoms with Crippen LogP contribution in [0.2, 0.25) is 0 Å². The molecule has 35 heavy (non-hydrogen) atoms. The Hall–Kier alpha value is -2.41. The highest BCUT2D eigenvalue weighted by Gasteiger charge is 2.44. The highest BCUT2D eigenvalue weighted by Crippen LogP contribution is 2.44. The monoisotopic (exact) mass is 506 g/mol. The number of rotatable bonds is 9. The zero-order valence-corrected chi connectivity index (χ0v) is 20.0. The molecule has 0 spiro atoms. The Labute approximate surface area is 205 Å². The van der Waals surface area contributed by atoms with Crippen LogP contribution in [-0.4, -0.2) is 70.9 Å². The number of anilines is 1. The Balaban J connectivity index is 1.44. The maximum absolute atomic E-state index is 13.7. The van der Waals surface area contributed by atoms with E-state index in [1.807, 2.05) is 0 Å². The number of halogens is 2. The first kappa shape index (κ1) is 24.3. The summed E-state index contributed by atoms with van der Waals surface area (Å²) >= 11 is 1.50. The lowest BCUT2D eigenvalue weighted by molar-refractivity contribution is 0.00107. The van der Waals surface area contributed by atoms with Crippen LogP contribution < -0.4 is 5.32 Å². The largest absolute Gasteiger partial charge is 0.396 e. The van der Waals surface area contributed by atoms with Crippen molar-refractivity contribution in [2.45, 2.75) is 68.0 Å². The molecule has 2 heterocycles. The number of aromatic nitrogens is 5. The number of nitrogens with one attached hydrogen (secondary N) is 1. The van der Waals surface area contributed by atoms with Crippen LogP contribution in [0.15, 0.2) is 23.4 Å². The summed E-state index contributed by atoms with van der Waals surface area (Å²) < 4.78 is 28.6. The third-order valence-corrected chi connectivity index (χ3v) is 7.86. The van der Waals surface area contributed by atoms with Crippen molar-refractivity contribution in [3.8, 4) is 0 Å². The molecular formula is C23H28F2N6O3S. The third kappa shape index (κ3) is 4.72. The molecule has 2 aliphatic carbocycles. The first-order valence-electron chi connectivity index (χ1n) is 11.9. The number of hydrogen-bond acceptors (Lipinski definition) is 9. The van der Waals surface area contributed by atoms with Crippen molar-refractivity contribution in [2.24, 2.45) is 5.92 Å². The number of aliphatic hydroxyl groups is 3. The Morgan fingerprint density at radius 2 is 1.97 bits per heavy atom. The van der Waals surface area contributed by atoms with Gasteiger partial charge in [-0.15, -0.1) is 5.10 Å². The van der Waals surface area contributed by atoms with Gasteiger partial charge in [-0.2, -0.15) is 0 Å². The molecule has 2 aliphatic rings. The predicted octanol–water partition coefficient (Wildman–Crippen LogP) is 2.63. The van der Waals surface area contributed by atoms with E-state index in [-0.39, 0.29) is 24.5 Å². The van der Waals surface area contributed by atoms with Crippen LogP contribution in [0.1, 0.15) is 50.1 Å². The van der Waals surface area contributed by atoms with E-state index in [1.54, 1.807) is 10.7 Å². The van der Waals surface area contributed by atoms with Crippen LogP contribution >= 0.6 is 11.8 Å². The average molecular weight is 507 g/mol. The van der Waals surface area contributed by atoms with Gasteiger partial charge < -0.3 is 20.6 Å². The van der Waals surface area contributed by atoms with Gasteiger partial charge in [0.1, 0.15) is 6.10 Å². The highest BCUT2D eigenvalue weighted by molar-refractivity contribution is 7.99.